The fraction of sp³-hybridized carbons (Fsp3) is 0.500. The van der Waals surface area contributed by atoms with Crippen LogP contribution in [-0.2, 0) is 11.3 Å². The number of ether oxygens (including phenoxy) is 1. The van der Waals surface area contributed by atoms with Crippen molar-refractivity contribution in [2.24, 2.45) is 0 Å². The van der Waals surface area contributed by atoms with Crippen LogP contribution in [-0.4, -0.2) is 16.8 Å². The SMILES string of the molecule is CC(O)c1ccc(CNC(=O)OC(C)(C)C)cc1. The summed E-state index contributed by atoms with van der Waals surface area (Å²) in [6.45, 7) is 7.60. The summed E-state index contributed by atoms with van der Waals surface area (Å²) in [4.78, 5) is 11.4. The lowest BCUT2D eigenvalue weighted by atomic mass is 10.1. The smallest absolute Gasteiger partial charge is 0.407 e. The fourth-order valence-electron chi connectivity index (χ4n) is 1.40. The minimum atomic E-state index is -0.486. The standard InChI is InChI=1S/C14H21NO3/c1-10(16)12-7-5-11(6-8-12)9-15-13(17)18-14(2,3)4/h5-8,10,16H,9H2,1-4H3,(H,15,17). The van der Waals surface area contributed by atoms with Gasteiger partial charge in [0.25, 0.3) is 0 Å². The first-order valence-corrected chi connectivity index (χ1v) is 6.02. The van der Waals surface area contributed by atoms with Crippen LogP contribution in [0.2, 0.25) is 0 Å². The van der Waals surface area contributed by atoms with E-state index in [1.807, 2.05) is 45.0 Å². The maximum absolute atomic E-state index is 11.4. The maximum atomic E-state index is 11.4. The molecule has 1 atom stereocenters. The van der Waals surface area contributed by atoms with Crippen LogP contribution in [0.25, 0.3) is 0 Å². The molecule has 0 aliphatic rings. The molecule has 0 aliphatic carbocycles. The minimum Gasteiger partial charge on any atom is -0.444 e. The van der Waals surface area contributed by atoms with Crippen LogP contribution in [0.1, 0.15) is 44.9 Å². The number of aliphatic hydroxyl groups is 1. The number of alkyl carbamates (subject to hydrolysis) is 1. The summed E-state index contributed by atoms with van der Waals surface area (Å²) >= 11 is 0. The Labute approximate surface area is 108 Å². The third kappa shape index (κ3) is 5.19. The van der Waals surface area contributed by atoms with Crippen molar-refractivity contribution in [3.8, 4) is 0 Å². The molecule has 0 radical (unpaired) electrons. The second-order valence-corrected chi connectivity index (χ2v) is 5.27. The maximum Gasteiger partial charge on any atom is 0.407 e. The Bertz CT molecular complexity index is 390. The van der Waals surface area contributed by atoms with Gasteiger partial charge in [0, 0.05) is 6.54 Å². The molecule has 0 spiro atoms. The predicted molar refractivity (Wildman–Crippen MR) is 70.1 cm³/mol. The van der Waals surface area contributed by atoms with E-state index in [-0.39, 0.29) is 0 Å². The summed E-state index contributed by atoms with van der Waals surface area (Å²) in [5.41, 5.74) is 1.33. The first-order valence-electron chi connectivity index (χ1n) is 6.02. The molecule has 100 valence electrons. The molecule has 2 N–H and O–H groups in total. The van der Waals surface area contributed by atoms with Crippen LogP contribution in [0, 0.1) is 0 Å². The third-order valence-corrected chi connectivity index (χ3v) is 2.30. The van der Waals surface area contributed by atoms with Gasteiger partial charge in [0.2, 0.25) is 0 Å². The van der Waals surface area contributed by atoms with E-state index in [4.69, 9.17) is 4.74 Å². The van der Waals surface area contributed by atoms with E-state index in [0.29, 0.717) is 6.54 Å². The van der Waals surface area contributed by atoms with E-state index in [1.165, 1.54) is 0 Å². The van der Waals surface area contributed by atoms with Gasteiger partial charge in [-0.1, -0.05) is 24.3 Å². The summed E-state index contributed by atoms with van der Waals surface area (Å²) in [7, 11) is 0. The van der Waals surface area contributed by atoms with Gasteiger partial charge in [0.15, 0.2) is 0 Å². The van der Waals surface area contributed by atoms with Crippen LogP contribution in [0.4, 0.5) is 4.79 Å². The second-order valence-electron chi connectivity index (χ2n) is 5.27. The Balaban J connectivity index is 2.46. The molecular formula is C14H21NO3. The lowest BCUT2D eigenvalue weighted by Gasteiger charge is -2.19. The number of carbonyl (C=O) groups is 1. The monoisotopic (exact) mass is 251 g/mol. The van der Waals surface area contributed by atoms with Crippen molar-refractivity contribution < 1.29 is 14.6 Å². The quantitative estimate of drug-likeness (QED) is 0.868. The van der Waals surface area contributed by atoms with Gasteiger partial charge in [0.05, 0.1) is 6.10 Å². The fourth-order valence-corrected chi connectivity index (χ4v) is 1.40. The van der Waals surface area contributed by atoms with Crippen LogP contribution in [0.3, 0.4) is 0 Å². The van der Waals surface area contributed by atoms with E-state index in [9.17, 15) is 9.90 Å². The van der Waals surface area contributed by atoms with Crippen LogP contribution >= 0.6 is 0 Å². The zero-order chi connectivity index (χ0) is 13.8. The topological polar surface area (TPSA) is 58.6 Å². The van der Waals surface area contributed by atoms with E-state index >= 15 is 0 Å². The molecule has 4 heteroatoms. The van der Waals surface area contributed by atoms with Crippen molar-refractivity contribution in [3.05, 3.63) is 35.4 Å². The number of rotatable bonds is 3. The van der Waals surface area contributed by atoms with Crippen molar-refractivity contribution in [1.82, 2.24) is 5.32 Å². The highest BCUT2D eigenvalue weighted by Crippen LogP contribution is 2.13. The van der Waals surface area contributed by atoms with Gasteiger partial charge in [-0.25, -0.2) is 4.79 Å². The molecule has 0 saturated carbocycles. The highest BCUT2D eigenvalue weighted by atomic mass is 16.6. The second kappa shape index (κ2) is 5.87. The molecule has 1 aromatic carbocycles. The molecule has 0 aromatic heterocycles. The summed E-state index contributed by atoms with van der Waals surface area (Å²) < 4.78 is 5.13. The zero-order valence-electron chi connectivity index (χ0n) is 11.4. The number of hydrogen-bond donors (Lipinski definition) is 2. The van der Waals surface area contributed by atoms with Gasteiger partial charge in [-0.3, -0.25) is 0 Å². The lowest BCUT2D eigenvalue weighted by molar-refractivity contribution is 0.0523. The van der Waals surface area contributed by atoms with Gasteiger partial charge in [-0.15, -0.1) is 0 Å². The minimum absolute atomic E-state index is 0.412. The van der Waals surface area contributed by atoms with Crippen molar-refractivity contribution in [2.45, 2.75) is 45.9 Å². The molecule has 18 heavy (non-hydrogen) atoms. The van der Waals surface area contributed by atoms with Crippen LogP contribution in [0.5, 0.6) is 0 Å². The van der Waals surface area contributed by atoms with Crippen molar-refractivity contribution in [3.63, 3.8) is 0 Å². The third-order valence-electron chi connectivity index (χ3n) is 2.30. The van der Waals surface area contributed by atoms with E-state index < -0.39 is 17.8 Å². The molecule has 1 aromatic rings. The molecule has 4 nitrogen and oxygen atoms in total. The molecule has 1 rings (SSSR count). The van der Waals surface area contributed by atoms with Gasteiger partial charge in [0.1, 0.15) is 5.60 Å². The Morgan fingerprint density at radius 1 is 1.33 bits per heavy atom. The Morgan fingerprint density at radius 3 is 2.33 bits per heavy atom. The summed E-state index contributed by atoms with van der Waals surface area (Å²) in [6, 6.07) is 7.44. The first-order chi connectivity index (χ1) is 8.28. The first kappa shape index (κ1) is 14.5. The normalized spacial score (nSPS) is 12.9. The molecular weight excluding hydrogens is 230 g/mol. The van der Waals surface area contributed by atoms with Crippen molar-refractivity contribution in [2.75, 3.05) is 0 Å². The van der Waals surface area contributed by atoms with E-state index in [2.05, 4.69) is 5.32 Å². The average molecular weight is 251 g/mol. The zero-order valence-corrected chi connectivity index (χ0v) is 11.4. The number of carbonyl (C=O) groups excluding carboxylic acids is 1. The number of hydrogen-bond acceptors (Lipinski definition) is 3. The van der Waals surface area contributed by atoms with Gasteiger partial charge >= 0.3 is 6.09 Å². The van der Waals surface area contributed by atoms with Crippen LogP contribution < -0.4 is 5.32 Å². The van der Waals surface area contributed by atoms with E-state index in [0.717, 1.165) is 11.1 Å². The molecule has 0 fully saturated rings. The molecule has 1 amide bonds. The summed E-state index contributed by atoms with van der Waals surface area (Å²) in [5, 5.41) is 12.1. The molecule has 0 bridgehead atoms. The number of nitrogens with one attached hydrogen (secondary N) is 1. The molecule has 0 saturated heterocycles. The highest BCUT2D eigenvalue weighted by Gasteiger charge is 2.15. The Kier molecular flexibility index (Phi) is 4.73. The highest BCUT2D eigenvalue weighted by molar-refractivity contribution is 5.67. The van der Waals surface area contributed by atoms with Crippen molar-refractivity contribution >= 4 is 6.09 Å². The van der Waals surface area contributed by atoms with Gasteiger partial charge < -0.3 is 15.2 Å². The lowest BCUT2D eigenvalue weighted by Crippen LogP contribution is -2.32. The molecule has 1 unspecified atom stereocenters. The summed E-state index contributed by atoms with van der Waals surface area (Å²) in [6.07, 6.45) is -0.903. The molecule has 0 heterocycles. The van der Waals surface area contributed by atoms with Gasteiger partial charge in [-0.2, -0.15) is 0 Å². The number of benzene rings is 1. The van der Waals surface area contributed by atoms with Crippen molar-refractivity contribution in [1.29, 1.82) is 0 Å². The Hall–Kier alpha value is -1.55. The summed E-state index contributed by atoms with van der Waals surface area (Å²) in [5.74, 6) is 0. The molecule has 0 aliphatic heterocycles. The van der Waals surface area contributed by atoms with Crippen LogP contribution in [0.15, 0.2) is 24.3 Å². The number of amides is 1. The Morgan fingerprint density at radius 2 is 1.89 bits per heavy atom. The van der Waals surface area contributed by atoms with Gasteiger partial charge in [-0.05, 0) is 38.8 Å². The average Bonchev–Trinajstić information content (AvgIpc) is 2.24. The number of aliphatic hydroxyl groups excluding tert-OH is 1. The largest absolute Gasteiger partial charge is 0.444 e. The predicted octanol–water partition coefficient (Wildman–Crippen LogP) is 2.76. The van der Waals surface area contributed by atoms with E-state index in [1.54, 1.807) is 6.92 Å².